The fourth-order valence-electron chi connectivity index (χ4n) is 6.86. The fraction of sp³-hybridized carbons (Fsp3) is 0.415. The molecular formula is C41H51N5O7S. The largest absolute Gasteiger partial charge is 0.472 e. The Kier molecular flexibility index (Phi) is 13.8. The highest BCUT2D eigenvalue weighted by Gasteiger charge is 2.41. The van der Waals surface area contributed by atoms with Gasteiger partial charge in [0.05, 0.1) is 29.6 Å². The van der Waals surface area contributed by atoms with Crippen molar-refractivity contribution in [2.45, 2.75) is 76.7 Å². The first-order valence-corrected chi connectivity index (χ1v) is 19.9. The van der Waals surface area contributed by atoms with Crippen molar-refractivity contribution in [2.75, 3.05) is 26.2 Å². The average Bonchev–Trinajstić information content (AvgIpc) is 3.82. The minimum atomic E-state index is -4.07. The lowest BCUT2D eigenvalue weighted by Gasteiger charge is -2.35. The number of nitrogens with one attached hydrogen (secondary N) is 1. The van der Waals surface area contributed by atoms with Gasteiger partial charge in [-0.2, -0.15) is 9.21 Å². The van der Waals surface area contributed by atoms with Crippen LogP contribution in [0.3, 0.4) is 0 Å². The highest BCUT2D eigenvalue weighted by molar-refractivity contribution is 7.89. The van der Waals surface area contributed by atoms with Gasteiger partial charge in [0.15, 0.2) is 0 Å². The topological polar surface area (TPSA) is 153 Å². The summed E-state index contributed by atoms with van der Waals surface area (Å²) in [6, 6.07) is 23.2. The molecule has 1 saturated heterocycles. The minimum absolute atomic E-state index is 0.0239. The van der Waals surface area contributed by atoms with E-state index in [1.165, 1.54) is 16.4 Å². The first-order chi connectivity index (χ1) is 25.9. The van der Waals surface area contributed by atoms with Crippen LogP contribution >= 0.6 is 0 Å². The summed E-state index contributed by atoms with van der Waals surface area (Å²) in [6.07, 6.45) is 2.86. The van der Waals surface area contributed by atoms with Crippen LogP contribution in [0.15, 0.2) is 112 Å². The van der Waals surface area contributed by atoms with E-state index in [1.54, 1.807) is 34.5 Å². The molecular weight excluding hydrogens is 707 g/mol. The van der Waals surface area contributed by atoms with Crippen LogP contribution in [0, 0.1) is 16.7 Å². The lowest BCUT2D eigenvalue weighted by Crippen LogP contribution is -2.57. The standard InChI is InChI=1S/C41H51N5O7S/c1-5-30(4)39(46-20-19-44(41(46)49)26-33-12-9-13-34(22-33)35-18-21-53-28-35)40(48)43-37(23-31-10-7-6-8-11-31)38(47)27-45(25-29(2)3)54(51,52)36-16-14-32(15-17-36)24-42-50/h6-18,21-22,28-30,37-39,47H,5,19-20,23-27H2,1-4H3,(H,43,48)/t30-,37-,38+,39-/m0/s1. The number of amides is 3. The van der Waals surface area contributed by atoms with Crippen LogP contribution in [0.2, 0.25) is 0 Å². The van der Waals surface area contributed by atoms with Gasteiger partial charge in [-0.1, -0.05) is 100.0 Å². The molecule has 1 aromatic heterocycles. The number of sulfonamides is 1. The summed E-state index contributed by atoms with van der Waals surface area (Å²) in [5.41, 5.74) is 4.31. The number of nitrogens with zero attached hydrogens (tertiary/aromatic N) is 4. The molecule has 0 aliphatic carbocycles. The Morgan fingerprint density at radius 3 is 2.30 bits per heavy atom. The van der Waals surface area contributed by atoms with Crippen LogP contribution in [-0.2, 0) is 34.3 Å². The third kappa shape index (κ3) is 10.0. The van der Waals surface area contributed by atoms with Crippen molar-refractivity contribution in [3.8, 4) is 11.1 Å². The normalized spacial score (nSPS) is 15.7. The van der Waals surface area contributed by atoms with Crippen molar-refractivity contribution in [1.82, 2.24) is 19.4 Å². The summed E-state index contributed by atoms with van der Waals surface area (Å²) < 4.78 is 34.4. The van der Waals surface area contributed by atoms with Crippen molar-refractivity contribution < 1.29 is 27.5 Å². The van der Waals surface area contributed by atoms with Crippen molar-refractivity contribution >= 4 is 22.0 Å². The lowest BCUT2D eigenvalue weighted by molar-refractivity contribution is -0.128. The summed E-state index contributed by atoms with van der Waals surface area (Å²) in [4.78, 5) is 42.5. The molecule has 4 aromatic rings. The zero-order valence-electron chi connectivity index (χ0n) is 31.4. The Bertz CT molecular complexity index is 1940. The summed E-state index contributed by atoms with van der Waals surface area (Å²) in [7, 11) is -4.07. The zero-order valence-corrected chi connectivity index (χ0v) is 32.2. The Hall–Kier alpha value is -4.85. The van der Waals surface area contributed by atoms with Crippen LogP contribution in [0.4, 0.5) is 4.79 Å². The van der Waals surface area contributed by atoms with Gasteiger partial charge in [0.2, 0.25) is 15.9 Å². The molecule has 1 aliphatic rings. The van der Waals surface area contributed by atoms with Gasteiger partial charge in [-0.15, -0.1) is 0 Å². The first kappa shape index (κ1) is 40.3. The van der Waals surface area contributed by atoms with Gasteiger partial charge in [0, 0.05) is 38.3 Å². The van der Waals surface area contributed by atoms with Gasteiger partial charge in [0.25, 0.3) is 0 Å². The van der Waals surface area contributed by atoms with Crippen molar-refractivity contribution in [3.05, 3.63) is 119 Å². The second-order valence-corrected chi connectivity index (χ2v) is 16.4. The van der Waals surface area contributed by atoms with Crippen LogP contribution < -0.4 is 5.32 Å². The lowest BCUT2D eigenvalue weighted by atomic mass is 9.95. The first-order valence-electron chi connectivity index (χ1n) is 18.5. The van der Waals surface area contributed by atoms with E-state index in [9.17, 15) is 28.0 Å². The quantitative estimate of drug-likeness (QED) is 0.107. The molecule has 3 amide bonds. The molecule has 0 spiro atoms. The molecule has 3 aromatic carbocycles. The van der Waals surface area contributed by atoms with Gasteiger partial charge >= 0.3 is 6.03 Å². The van der Waals surface area contributed by atoms with E-state index in [1.807, 2.05) is 88.4 Å². The maximum atomic E-state index is 14.4. The van der Waals surface area contributed by atoms with Crippen molar-refractivity contribution in [1.29, 1.82) is 0 Å². The minimum Gasteiger partial charge on any atom is -0.472 e. The predicted octanol–water partition coefficient (Wildman–Crippen LogP) is 6.30. The number of urea groups is 1. The third-order valence-electron chi connectivity index (χ3n) is 9.93. The van der Waals surface area contributed by atoms with E-state index in [0.29, 0.717) is 31.6 Å². The van der Waals surface area contributed by atoms with Crippen LogP contribution in [0.25, 0.3) is 11.1 Å². The molecule has 2 N–H and O–H groups in total. The molecule has 54 heavy (non-hydrogen) atoms. The van der Waals surface area contributed by atoms with E-state index < -0.39 is 34.1 Å². The fourth-order valence-corrected chi connectivity index (χ4v) is 8.48. The number of hydrogen-bond acceptors (Lipinski definition) is 8. The maximum absolute atomic E-state index is 14.4. The summed E-state index contributed by atoms with van der Waals surface area (Å²) in [6.45, 7) is 8.63. The van der Waals surface area contributed by atoms with Gasteiger partial charge < -0.3 is 24.6 Å². The molecule has 1 aliphatic heterocycles. The number of furan rings is 1. The average molecular weight is 758 g/mol. The molecule has 0 unspecified atom stereocenters. The van der Waals surface area contributed by atoms with Gasteiger partial charge in [-0.3, -0.25) is 4.79 Å². The van der Waals surface area contributed by atoms with Gasteiger partial charge in [-0.05, 0) is 64.8 Å². The highest BCUT2D eigenvalue weighted by atomic mass is 32.2. The van der Waals surface area contributed by atoms with Crippen LogP contribution in [0.5, 0.6) is 0 Å². The Labute approximate surface area is 318 Å². The van der Waals surface area contributed by atoms with Crippen LogP contribution in [-0.4, -0.2) is 83.9 Å². The Morgan fingerprint density at radius 1 is 0.926 bits per heavy atom. The van der Waals surface area contributed by atoms with Gasteiger partial charge in [-0.25, -0.2) is 13.2 Å². The molecule has 12 nitrogen and oxygen atoms in total. The van der Waals surface area contributed by atoms with E-state index >= 15 is 0 Å². The predicted molar refractivity (Wildman–Crippen MR) is 208 cm³/mol. The smallest absolute Gasteiger partial charge is 0.321 e. The van der Waals surface area contributed by atoms with Gasteiger partial charge in [0.1, 0.15) is 12.6 Å². The molecule has 2 heterocycles. The van der Waals surface area contributed by atoms with Crippen molar-refractivity contribution in [2.24, 2.45) is 17.0 Å². The van der Waals surface area contributed by atoms with Crippen LogP contribution in [0.1, 0.15) is 50.8 Å². The number of carbonyl (C=O) groups excluding carboxylic acids is 2. The summed E-state index contributed by atoms with van der Waals surface area (Å²) in [5, 5.41) is 17.8. The molecule has 0 radical (unpaired) electrons. The number of benzene rings is 3. The zero-order chi connectivity index (χ0) is 38.8. The van der Waals surface area contributed by atoms with E-state index in [0.717, 1.165) is 22.3 Å². The van der Waals surface area contributed by atoms with Crippen molar-refractivity contribution in [3.63, 3.8) is 0 Å². The molecule has 5 rings (SSSR count). The number of hydrogen-bond donors (Lipinski definition) is 2. The van der Waals surface area contributed by atoms with E-state index in [-0.39, 0.29) is 48.8 Å². The number of aliphatic hydroxyl groups excluding tert-OH is 1. The molecule has 13 heteroatoms. The van der Waals surface area contributed by atoms with E-state index in [4.69, 9.17) is 4.42 Å². The number of aliphatic hydroxyl groups is 1. The monoisotopic (exact) mass is 757 g/mol. The summed E-state index contributed by atoms with van der Waals surface area (Å²) >= 11 is 0. The molecule has 0 saturated carbocycles. The number of carbonyl (C=O) groups is 2. The highest BCUT2D eigenvalue weighted by Crippen LogP contribution is 2.26. The maximum Gasteiger partial charge on any atom is 0.321 e. The SMILES string of the molecule is CC[C@H](C)[C@@H](C(=O)N[C@@H](Cc1ccccc1)[C@H](O)CN(CC(C)C)S(=O)(=O)c1ccc(CN=O)cc1)N1CCN(Cc2cccc(-c3ccoc3)c2)C1=O. The molecule has 1 fully saturated rings. The molecule has 0 bridgehead atoms. The second kappa shape index (κ2) is 18.5. The second-order valence-electron chi connectivity index (χ2n) is 14.5. The number of rotatable bonds is 19. The summed E-state index contributed by atoms with van der Waals surface area (Å²) in [5.74, 6) is -0.679. The Morgan fingerprint density at radius 2 is 1.65 bits per heavy atom. The van der Waals surface area contributed by atoms with E-state index in [2.05, 4.69) is 10.5 Å². The third-order valence-corrected chi connectivity index (χ3v) is 11.8. The number of nitroso groups, excluding NO2 is 1. The molecule has 288 valence electrons. The Balaban J connectivity index is 1.36. The molecule has 4 atom stereocenters.